The average Bonchev–Trinajstić information content (AvgIpc) is 3.15. The zero-order valence-electron chi connectivity index (χ0n) is 33.4. The minimum Gasteiger partial charge on any atom is -0.462 e. The average molecular weight is 778 g/mol. The zero-order valence-corrected chi connectivity index (χ0v) is 34.3. The molecule has 0 heterocycles. The van der Waals surface area contributed by atoms with Crippen LogP contribution in [-0.2, 0) is 37.5 Å². The first-order valence-corrected chi connectivity index (χ1v) is 21.9. The van der Waals surface area contributed by atoms with Gasteiger partial charge in [-0.15, -0.1) is 0 Å². The fourth-order valence-electron chi connectivity index (χ4n) is 4.96. The number of rotatable bonds is 37. The summed E-state index contributed by atoms with van der Waals surface area (Å²) in [5, 5.41) is 0. The maximum atomic E-state index is 12.5. The van der Waals surface area contributed by atoms with Gasteiger partial charge < -0.3 is 20.1 Å². The highest BCUT2D eigenvalue weighted by molar-refractivity contribution is 7.47. The van der Waals surface area contributed by atoms with Crippen LogP contribution in [0.5, 0.6) is 0 Å². The molecule has 0 spiro atoms. The molecule has 0 aromatic heterocycles. The van der Waals surface area contributed by atoms with E-state index < -0.39 is 32.5 Å². The summed E-state index contributed by atoms with van der Waals surface area (Å²) in [5.41, 5.74) is 5.33. The van der Waals surface area contributed by atoms with E-state index in [1.165, 1.54) is 25.7 Å². The molecular formula is C43H72NO9P. The lowest BCUT2D eigenvalue weighted by molar-refractivity contribution is -0.161. The molecule has 0 saturated carbocycles. The molecule has 0 aromatic carbocycles. The lowest BCUT2D eigenvalue weighted by Crippen LogP contribution is -2.29. The van der Waals surface area contributed by atoms with E-state index >= 15 is 0 Å². The summed E-state index contributed by atoms with van der Waals surface area (Å²) in [7, 11) is -4.41. The molecule has 11 heteroatoms. The van der Waals surface area contributed by atoms with Crippen LogP contribution >= 0.6 is 7.82 Å². The van der Waals surface area contributed by atoms with Gasteiger partial charge in [-0.3, -0.25) is 23.4 Å². The third-order valence-electron chi connectivity index (χ3n) is 8.04. The van der Waals surface area contributed by atoms with Gasteiger partial charge in [0, 0.05) is 25.8 Å². The number of hydrogen-bond donors (Lipinski definition) is 2. The quantitative estimate of drug-likeness (QED) is 0.0156. The number of allylic oxidation sites excluding steroid dienone is 12. The van der Waals surface area contributed by atoms with Gasteiger partial charge in [0.25, 0.3) is 0 Å². The summed E-state index contributed by atoms with van der Waals surface area (Å²) in [6.45, 7) is 3.41. The molecule has 0 aliphatic carbocycles. The largest absolute Gasteiger partial charge is 0.472 e. The third kappa shape index (κ3) is 37.4. The zero-order chi connectivity index (χ0) is 39.8. The van der Waals surface area contributed by atoms with Crippen LogP contribution in [-0.4, -0.2) is 55.1 Å². The number of hydrogen-bond acceptors (Lipinski definition) is 9. The van der Waals surface area contributed by atoms with Crippen LogP contribution in [0.25, 0.3) is 0 Å². The van der Waals surface area contributed by atoms with Crippen molar-refractivity contribution in [3.8, 4) is 0 Å². The second-order valence-electron chi connectivity index (χ2n) is 13.2. The summed E-state index contributed by atoms with van der Waals surface area (Å²) in [4.78, 5) is 46.5. The van der Waals surface area contributed by atoms with Crippen molar-refractivity contribution in [2.75, 3.05) is 26.4 Å². The standard InChI is InChI=1S/C43H72NO9P/c1-3-5-7-8-9-10-11-12-13-14-17-20-23-26-30-34-42(46)50-38-41(39-52-54(48,49)51-37-36-44)53-43(47)35-31-27-24-21-18-15-16-19-22-25-29-33-40(45)32-28-6-4-2/h9-10,12-13,15-16,21-22,24-25,29,33,41H,3-8,11,14,17-20,23,26-28,30-32,34-39,44H2,1-2H3,(H,48,49)/b10-9-,13-12-,16-15-,24-21-,25-22-,33-29+/t41-/m1/s1. The molecule has 308 valence electrons. The molecule has 2 atom stereocenters. The molecule has 3 N–H and O–H groups in total. The molecule has 0 fully saturated rings. The first kappa shape index (κ1) is 51.1. The van der Waals surface area contributed by atoms with Gasteiger partial charge in [-0.2, -0.15) is 0 Å². The molecule has 54 heavy (non-hydrogen) atoms. The Bertz CT molecular complexity index is 1180. The SMILES string of the molecule is CCCCC/C=C\C/C=C\CCCCCCCC(=O)OC[C@H](COP(=O)(O)OCCN)OC(=O)CCC/C=C\C/C=C\C/C=C\C=C\C(=O)CCCCC. The van der Waals surface area contributed by atoms with Gasteiger partial charge in [0.05, 0.1) is 13.2 Å². The summed E-state index contributed by atoms with van der Waals surface area (Å²) in [5.74, 6) is -0.789. The summed E-state index contributed by atoms with van der Waals surface area (Å²) in [6, 6.07) is 0. The number of carbonyl (C=O) groups is 3. The highest BCUT2D eigenvalue weighted by Gasteiger charge is 2.25. The minimum atomic E-state index is -4.41. The van der Waals surface area contributed by atoms with Crippen molar-refractivity contribution in [1.29, 1.82) is 0 Å². The minimum absolute atomic E-state index is 0.0292. The van der Waals surface area contributed by atoms with E-state index in [4.69, 9.17) is 24.3 Å². The van der Waals surface area contributed by atoms with E-state index in [1.54, 1.807) is 12.2 Å². The second-order valence-corrected chi connectivity index (χ2v) is 14.6. The highest BCUT2D eigenvalue weighted by Crippen LogP contribution is 2.43. The maximum Gasteiger partial charge on any atom is 0.472 e. The van der Waals surface area contributed by atoms with Crippen molar-refractivity contribution < 1.29 is 42.4 Å². The normalized spacial score (nSPS) is 14.0. The van der Waals surface area contributed by atoms with Crippen molar-refractivity contribution in [3.63, 3.8) is 0 Å². The molecule has 0 bridgehead atoms. The molecular weight excluding hydrogens is 705 g/mol. The Labute approximate surface area is 327 Å². The van der Waals surface area contributed by atoms with Crippen molar-refractivity contribution in [3.05, 3.63) is 72.9 Å². The van der Waals surface area contributed by atoms with Crippen molar-refractivity contribution in [2.24, 2.45) is 5.73 Å². The highest BCUT2D eigenvalue weighted by atomic mass is 31.2. The van der Waals surface area contributed by atoms with E-state index in [0.717, 1.165) is 70.6 Å². The van der Waals surface area contributed by atoms with Gasteiger partial charge in [-0.25, -0.2) is 4.57 Å². The number of esters is 2. The van der Waals surface area contributed by atoms with Crippen LogP contribution in [0, 0.1) is 0 Å². The predicted octanol–water partition coefficient (Wildman–Crippen LogP) is 10.7. The topological polar surface area (TPSA) is 151 Å². The van der Waals surface area contributed by atoms with E-state index in [0.29, 0.717) is 25.7 Å². The molecule has 1 unspecified atom stereocenters. The Morgan fingerprint density at radius 3 is 1.81 bits per heavy atom. The van der Waals surface area contributed by atoms with Gasteiger partial charge in [0.15, 0.2) is 11.9 Å². The van der Waals surface area contributed by atoms with Crippen LogP contribution in [0.15, 0.2) is 72.9 Å². The Balaban J connectivity index is 4.38. The van der Waals surface area contributed by atoms with Crippen LogP contribution in [0.4, 0.5) is 0 Å². The Kier molecular flexibility index (Phi) is 36.3. The van der Waals surface area contributed by atoms with Gasteiger partial charge in [0.2, 0.25) is 0 Å². The molecule has 0 aliphatic heterocycles. The Morgan fingerprint density at radius 1 is 0.611 bits per heavy atom. The number of unbranched alkanes of at least 4 members (excludes halogenated alkanes) is 11. The molecule has 0 amide bonds. The van der Waals surface area contributed by atoms with E-state index in [1.807, 2.05) is 36.5 Å². The Hall–Kier alpha value is -2.88. The third-order valence-corrected chi connectivity index (χ3v) is 9.03. The predicted molar refractivity (Wildman–Crippen MR) is 220 cm³/mol. The fourth-order valence-corrected chi connectivity index (χ4v) is 5.73. The molecule has 10 nitrogen and oxygen atoms in total. The molecule has 0 radical (unpaired) electrons. The molecule has 0 saturated heterocycles. The second kappa shape index (κ2) is 38.4. The van der Waals surface area contributed by atoms with Gasteiger partial charge in [-0.1, -0.05) is 126 Å². The van der Waals surface area contributed by atoms with Crippen molar-refractivity contribution in [2.45, 2.75) is 155 Å². The number of phosphoric ester groups is 1. The molecule has 0 aliphatic rings. The number of phosphoric acid groups is 1. The van der Waals surface area contributed by atoms with E-state index in [2.05, 4.69) is 38.2 Å². The van der Waals surface area contributed by atoms with Gasteiger partial charge in [-0.05, 0) is 76.7 Å². The first-order chi connectivity index (χ1) is 26.2. The maximum absolute atomic E-state index is 12.5. The molecule has 0 aromatic rings. The Morgan fingerprint density at radius 2 is 1.15 bits per heavy atom. The van der Waals surface area contributed by atoms with E-state index in [-0.39, 0.29) is 38.4 Å². The number of ether oxygens (including phenoxy) is 2. The number of nitrogens with two attached hydrogens (primary N) is 1. The monoisotopic (exact) mass is 777 g/mol. The van der Waals surface area contributed by atoms with Crippen LogP contribution in [0.2, 0.25) is 0 Å². The van der Waals surface area contributed by atoms with Crippen LogP contribution in [0.1, 0.15) is 149 Å². The summed E-state index contributed by atoms with van der Waals surface area (Å²) >= 11 is 0. The van der Waals surface area contributed by atoms with Crippen LogP contribution < -0.4 is 5.73 Å². The summed E-state index contributed by atoms with van der Waals surface area (Å²) in [6.07, 6.45) is 42.0. The van der Waals surface area contributed by atoms with Gasteiger partial charge in [0.1, 0.15) is 6.61 Å². The fraction of sp³-hybridized carbons (Fsp3) is 0.651. The molecule has 0 rings (SSSR count). The van der Waals surface area contributed by atoms with E-state index in [9.17, 15) is 23.8 Å². The van der Waals surface area contributed by atoms with Crippen molar-refractivity contribution in [1.82, 2.24) is 0 Å². The summed E-state index contributed by atoms with van der Waals surface area (Å²) < 4.78 is 32.6. The number of carbonyl (C=O) groups excluding carboxylic acids is 3. The van der Waals surface area contributed by atoms with Crippen molar-refractivity contribution >= 4 is 25.5 Å². The van der Waals surface area contributed by atoms with Gasteiger partial charge >= 0.3 is 19.8 Å². The smallest absolute Gasteiger partial charge is 0.462 e. The lowest BCUT2D eigenvalue weighted by Gasteiger charge is -2.19. The van der Waals surface area contributed by atoms with Crippen LogP contribution in [0.3, 0.4) is 0 Å². The number of ketones is 1. The lowest BCUT2D eigenvalue weighted by atomic mass is 10.1. The first-order valence-electron chi connectivity index (χ1n) is 20.4.